The van der Waals surface area contributed by atoms with Gasteiger partial charge in [0.25, 0.3) is 0 Å². The zero-order chi connectivity index (χ0) is 76.9. The molecule has 0 aromatic carbocycles. The van der Waals surface area contributed by atoms with Gasteiger partial charge in [-0.2, -0.15) is 50.2 Å². The van der Waals surface area contributed by atoms with Gasteiger partial charge in [0.15, 0.2) is 0 Å². The Morgan fingerprint density at radius 3 is 0.596 bits per heavy atom. The molecule has 4 fully saturated rings. The number of hydroxylamine groups is 8. The number of aromatic nitrogens is 6. The van der Waals surface area contributed by atoms with Crippen LogP contribution in [-0.4, -0.2) is 197 Å². The van der Waals surface area contributed by atoms with Crippen LogP contribution in [0.15, 0.2) is 0 Å². The van der Waals surface area contributed by atoms with Crippen LogP contribution < -0.4 is 29.4 Å². The number of rotatable bonds is 47. The highest BCUT2D eigenvalue weighted by Crippen LogP contribution is 2.47. The van der Waals surface area contributed by atoms with Crippen LogP contribution in [0.3, 0.4) is 0 Å². The largest absolute Gasteiger partial charge is 0.341 e. The van der Waals surface area contributed by atoms with Gasteiger partial charge in [-0.1, -0.05) is 121 Å². The molecule has 0 saturated carbocycles. The minimum Gasteiger partial charge on any atom is -0.341 e. The summed E-state index contributed by atoms with van der Waals surface area (Å²) in [7, 11) is 0. The first kappa shape index (κ1) is 89.4. The van der Waals surface area contributed by atoms with E-state index in [1.807, 2.05) is 0 Å². The van der Waals surface area contributed by atoms with Crippen LogP contribution in [0.25, 0.3) is 0 Å². The molecule has 0 aliphatic carbocycles. The molecule has 6 heterocycles. The van der Waals surface area contributed by atoms with Gasteiger partial charge in [0.1, 0.15) is 0 Å². The Morgan fingerprint density at radius 1 is 0.240 bits per heavy atom. The van der Waals surface area contributed by atoms with E-state index in [1.54, 1.807) is 0 Å². The van der Waals surface area contributed by atoms with Crippen LogP contribution in [0.1, 0.15) is 360 Å². The monoisotopic (exact) mass is 1460 g/mol. The van der Waals surface area contributed by atoms with Crippen LogP contribution in [0.5, 0.6) is 0 Å². The van der Waals surface area contributed by atoms with Gasteiger partial charge < -0.3 is 29.4 Å². The highest BCUT2D eigenvalue weighted by molar-refractivity contribution is 5.50. The summed E-state index contributed by atoms with van der Waals surface area (Å²) >= 11 is 0. The van der Waals surface area contributed by atoms with Gasteiger partial charge in [-0.05, 0) is 239 Å². The molecule has 602 valence electrons. The Hall–Kier alpha value is -3.50. The molecule has 6 rings (SSSR count). The molecule has 0 bridgehead atoms. The van der Waals surface area contributed by atoms with Gasteiger partial charge in [0.05, 0.1) is 26.4 Å². The maximum atomic E-state index is 6.76. The number of hydrogen-bond donors (Lipinski definition) is 0. The van der Waals surface area contributed by atoms with Crippen LogP contribution in [0.2, 0.25) is 0 Å². The summed E-state index contributed by atoms with van der Waals surface area (Å²) in [6, 6.07) is 0.699. The number of unbranched alkanes of at least 4 members (excludes halogenated alkanes) is 9. The van der Waals surface area contributed by atoms with Crippen molar-refractivity contribution in [3.8, 4) is 0 Å². The quantitative estimate of drug-likeness (QED) is 0.0578. The Morgan fingerprint density at radius 2 is 0.413 bits per heavy atom. The maximum absolute atomic E-state index is 6.76. The Balaban J connectivity index is 1.49. The molecule has 0 unspecified atom stereocenters. The summed E-state index contributed by atoms with van der Waals surface area (Å²) in [4.78, 5) is 77.1. The smallest absolute Gasteiger partial charge is 0.232 e. The Labute approximate surface area is 638 Å². The van der Waals surface area contributed by atoms with Crippen molar-refractivity contribution in [2.24, 2.45) is 0 Å². The lowest BCUT2D eigenvalue weighted by molar-refractivity contribution is -0.282. The SMILES string of the molecule is CCCCN(CCCC)c1nc(N(CCCC)C2CC(C)(C)N(OCCC)C(C)(C)C2)nc(N(CCCCCCN(c2nc(N(CCCC)CCCC)nc(N(CCCC)C3CC(C)(C)N(OCCC)C(C)(C)C3)n2)C2CC(C)(C)N(OCCC)C(C)(C)C2)C2CC(C)(C)N(OCCC)C(C)(C)C2)n1. The molecule has 0 radical (unpaired) electrons. The second kappa shape index (κ2) is 40.4. The molecule has 0 spiro atoms. The molecular weight excluding hydrogens is 1300 g/mol. The van der Waals surface area contributed by atoms with E-state index in [0.717, 1.165) is 268 Å². The highest BCUT2D eigenvalue weighted by Gasteiger charge is 2.53. The average molecular weight is 1460 g/mol. The molecule has 4 saturated heterocycles. The molecule has 4 aliphatic heterocycles. The average Bonchev–Trinajstić information content (AvgIpc) is 0.760. The van der Waals surface area contributed by atoms with Crippen molar-refractivity contribution in [2.45, 2.75) is 428 Å². The molecule has 0 amide bonds. The topological polar surface area (TPSA) is 147 Å². The number of nitrogens with zero attached hydrogens (tertiary/aromatic N) is 16. The lowest BCUT2D eigenvalue weighted by Gasteiger charge is -2.56. The zero-order valence-corrected chi connectivity index (χ0v) is 72.4. The van der Waals surface area contributed by atoms with Crippen molar-refractivity contribution in [2.75, 3.05) is 108 Å². The minimum atomic E-state index is -0.255. The third kappa shape index (κ3) is 24.0. The molecule has 4 aliphatic rings. The van der Waals surface area contributed by atoms with Crippen molar-refractivity contribution in [1.29, 1.82) is 0 Å². The number of piperidine rings is 4. The molecule has 20 heteroatoms. The Kier molecular flexibility index (Phi) is 34.8. The number of anilines is 6. The van der Waals surface area contributed by atoms with Crippen LogP contribution in [0, 0.1) is 0 Å². The van der Waals surface area contributed by atoms with E-state index in [-0.39, 0.29) is 68.5 Å². The fraction of sp³-hybridized carbons (Fsp3) is 0.929. The second-order valence-corrected chi connectivity index (χ2v) is 37.0. The standard InChI is InChI=1S/C84H162N16O4/c1-27-37-47-91(48-38-28-2)71-85-73(93(51-41-31-5)67-59-77(11,12)97(101-55-33-7)78(13,14)60-67)89-75(87-71)95(69-63-81(19,20)99(103-57-35-9)82(21,22)64-69)53-45-43-44-46-54-96(70-65-83(23,24)100(104-58-36-10)84(25,26)66-70)76-88-72(92(49-39-29-3)50-40-30-4)86-74(90-76)94(52-42-32-6)68-61-79(15,16)98(102-56-34-8)80(17,18)62-68/h67-70H,27-66H2,1-26H3. The zero-order valence-electron chi connectivity index (χ0n) is 72.4. The molecule has 104 heavy (non-hydrogen) atoms. The van der Waals surface area contributed by atoms with E-state index in [1.165, 1.54) is 0 Å². The van der Waals surface area contributed by atoms with Crippen LogP contribution >= 0.6 is 0 Å². The minimum absolute atomic E-state index is 0.150. The summed E-state index contributed by atoms with van der Waals surface area (Å²) in [6.07, 6.45) is 28.4. The summed E-state index contributed by atoms with van der Waals surface area (Å²) in [6.45, 7) is 70.7. The molecule has 2 aromatic rings. The summed E-state index contributed by atoms with van der Waals surface area (Å²) < 4.78 is 0. The lowest BCUT2D eigenvalue weighted by atomic mass is 9.78. The first-order valence-corrected chi connectivity index (χ1v) is 42.9. The van der Waals surface area contributed by atoms with Crippen LogP contribution in [-0.2, 0) is 19.4 Å². The van der Waals surface area contributed by atoms with Crippen molar-refractivity contribution in [3.63, 3.8) is 0 Å². The van der Waals surface area contributed by atoms with E-state index in [2.05, 4.69) is 230 Å². The van der Waals surface area contributed by atoms with Gasteiger partial charge in [-0.15, -0.1) is 0 Å². The third-order valence-electron chi connectivity index (χ3n) is 22.7. The normalized spacial score (nSPS) is 20.8. The fourth-order valence-corrected chi connectivity index (χ4v) is 18.7. The second-order valence-electron chi connectivity index (χ2n) is 37.0. The van der Waals surface area contributed by atoms with Gasteiger partial charge >= 0.3 is 0 Å². The van der Waals surface area contributed by atoms with Crippen molar-refractivity contribution < 1.29 is 19.4 Å². The molecule has 0 atom stereocenters. The van der Waals surface area contributed by atoms with E-state index in [0.29, 0.717) is 26.4 Å². The first-order valence-electron chi connectivity index (χ1n) is 42.9. The van der Waals surface area contributed by atoms with Crippen molar-refractivity contribution in [3.05, 3.63) is 0 Å². The van der Waals surface area contributed by atoms with Gasteiger partial charge in [0, 0.05) is 121 Å². The maximum Gasteiger partial charge on any atom is 0.232 e. The third-order valence-corrected chi connectivity index (χ3v) is 22.7. The van der Waals surface area contributed by atoms with E-state index < -0.39 is 0 Å². The predicted octanol–water partition coefficient (Wildman–Crippen LogP) is 19.4. The van der Waals surface area contributed by atoms with E-state index in [9.17, 15) is 0 Å². The summed E-state index contributed by atoms with van der Waals surface area (Å²) in [5, 5.41) is 9.32. The van der Waals surface area contributed by atoms with Crippen LogP contribution in [0.4, 0.5) is 35.7 Å². The first-order chi connectivity index (χ1) is 49.1. The van der Waals surface area contributed by atoms with E-state index >= 15 is 0 Å². The van der Waals surface area contributed by atoms with Crippen molar-refractivity contribution >= 4 is 35.7 Å². The van der Waals surface area contributed by atoms with Gasteiger partial charge in [0.2, 0.25) is 35.7 Å². The summed E-state index contributed by atoms with van der Waals surface area (Å²) in [5.41, 5.74) is -1.88. The Bertz CT molecular complexity index is 2510. The summed E-state index contributed by atoms with van der Waals surface area (Å²) in [5.74, 6) is 4.93. The molecule has 2 aromatic heterocycles. The van der Waals surface area contributed by atoms with Gasteiger partial charge in [-0.3, -0.25) is 19.4 Å². The highest BCUT2D eigenvalue weighted by atomic mass is 16.7. The molecule has 0 N–H and O–H groups in total. The van der Waals surface area contributed by atoms with Crippen molar-refractivity contribution in [1.82, 2.24) is 50.2 Å². The van der Waals surface area contributed by atoms with E-state index in [4.69, 9.17) is 49.3 Å². The number of hydrogen-bond acceptors (Lipinski definition) is 20. The lowest BCUT2D eigenvalue weighted by Crippen LogP contribution is -2.64. The fourth-order valence-electron chi connectivity index (χ4n) is 18.7. The van der Waals surface area contributed by atoms with Gasteiger partial charge in [-0.25, -0.2) is 0 Å². The predicted molar refractivity (Wildman–Crippen MR) is 438 cm³/mol. The molecular formula is C84H162N16O4. The molecule has 20 nitrogen and oxygen atoms in total.